The number of aryl methyl sites for hydroxylation is 1. The molecule has 1 aromatic carbocycles. The Kier molecular flexibility index (Phi) is 4.37. The number of ether oxygens (including phenoxy) is 1. The van der Waals surface area contributed by atoms with Crippen LogP contribution in [0, 0.1) is 6.92 Å². The van der Waals surface area contributed by atoms with Crippen LogP contribution in [0.2, 0.25) is 0 Å². The molecule has 1 aromatic heterocycles. The molecule has 1 fully saturated rings. The highest BCUT2D eigenvalue weighted by Gasteiger charge is 2.17. The van der Waals surface area contributed by atoms with Crippen LogP contribution in [0.1, 0.15) is 4.88 Å². The van der Waals surface area contributed by atoms with Gasteiger partial charge in [0.25, 0.3) is 10.0 Å². The average Bonchev–Trinajstić information content (AvgIpc) is 2.96. The predicted octanol–water partition coefficient (Wildman–Crippen LogP) is 2.69. The molecule has 0 unspecified atom stereocenters. The monoisotopic (exact) mass is 338 g/mol. The van der Waals surface area contributed by atoms with E-state index in [1.807, 2.05) is 19.1 Å². The zero-order valence-electron chi connectivity index (χ0n) is 12.3. The van der Waals surface area contributed by atoms with Gasteiger partial charge in [-0.15, -0.1) is 11.3 Å². The molecule has 0 saturated carbocycles. The zero-order chi connectivity index (χ0) is 15.6. The largest absolute Gasteiger partial charge is 0.378 e. The van der Waals surface area contributed by atoms with Crippen molar-refractivity contribution in [2.75, 3.05) is 35.9 Å². The first-order chi connectivity index (χ1) is 10.5. The van der Waals surface area contributed by atoms with Gasteiger partial charge in [0.05, 0.1) is 13.2 Å². The second-order valence-corrected chi connectivity index (χ2v) is 8.31. The van der Waals surface area contributed by atoms with E-state index < -0.39 is 10.0 Å². The Bertz CT molecular complexity index is 732. The third-order valence-corrected chi connectivity index (χ3v) is 6.35. The molecule has 5 nitrogen and oxygen atoms in total. The van der Waals surface area contributed by atoms with Gasteiger partial charge in [-0.3, -0.25) is 4.72 Å². The van der Waals surface area contributed by atoms with E-state index in [-0.39, 0.29) is 0 Å². The van der Waals surface area contributed by atoms with Crippen molar-refractivity contribution in [1.82, 2.24) is 0 Å². The molecule has 0 atom stereocenters. The maximum atomic E-state index is 12.3. The minimum atomic E-state index is -3.50. The van der Waals surface area contributed by atoms with Crippen molar-refractivity contribution in [3.8, 4) is 0 Å². The van der Waals surface area contributed by atoms with Crippen LogP contribution in [-0.4, -0.2) is 34.7 Å². The zero-order valence-corrected chi connectivity index (χ0v) is 13.9. The van der Waals surface area contributed by atoms with E-state index in [0.29, 0.717) is 9.90 Å². The Morgan fingerprint density at radius 2 is 1.77 bits per heavy atom. The van der Waals surface area contributed by atoms with Gasteiger partial charge < -0.3 is 9.64 Å². The van der Waals surface area contributed by atoms with Crippen LogP contribution in [-0.2, 0) is 14.8 Å². The van der Waals surface area contributed by atoms with Crippen LogP contribution in [0.15, 0.2) is 40.6 Å². The maximum Gasteiger partial charge on any atom is 0.271 e. The van der Waals surface area contributed by atoms with Crippen molar-refractivity contribution in [2.24, 2.45) is 0 Å². The van der Waals surface area contributed by atoms with Crippen LogP contribution in [0.4, 0.5) is 11.4 Å². The lowest BCUT2D eigenvalue weighted by Crippen LogP contribution is -2.36. The van der Waals surface area contributed by atoms with Crippen LogP contribution in [0.3, 0.4) is 0 Å². The summed E-state index contributed by atoms with van der Waals surface area (Å²) in [6.07, 6.45) is 0. The third kappa shape index (κ3) is 3.43. The normalized spacial score (nSPS) is 15.8. The summed E-state index contributed by atoms with van der Waals surface area (Å²) in [6, 6.07) is 10.9. The van der Waals surface area contributed by atoms with Crippen LogP contribution in [0.5, 0.6) is 0 Å². The summed E-state index contributed by atoms with van der Waals surface area (Å²) < 4.78 is 32.8. The summed E-state index contributed by atoms with van der Waals surface area (Å²) in [4.78, 5) is 3.20. The van der Waals surface area contributed by atoms with Gasteiger partial charge in [-0.05, 0) is 43.3 Å². The van der Waals surface area contributed by atoms with Gasteiger partial charge in [-0.25, -0.2) is 8.42 Å². The first-order valence-electron chi connectivity index (χ1n) is 7.07. The van der Waals surface area contributed by atoms with Crippen molar-refractivity contribution in [3.63, 3.8) is 0 Å². The number of nitrogens with one attached hydrogen (secondary N) is 1. The number of benzene rings is 1. The summed E-state index contributed by atoms with van der Waals surface area (Å²) in [5.74, 6) is 0. The lowest BCUT2D eigenvalue weighted by atomic mass is 10.2. The van der Waals surface area contributed by atoms with E-state index in [1.165, 1.54) is 11.3 Å². The molecule has 3 rings (SSSR count). The van der Waals surface area contributed by atoms with Crippen molar-refractivity contribution in [2.45, 2.75) is 11.1 Å². The fourth-order valence-corrected chi connectivity index (χ4v) is 4.67. The Morgan fingerprint density at radius 1 is 1.09 bits per heavy atom. The van der Waals surface area contributed by atoms with Crippen LogP contribution < -0.4 is 9.62 Å². The van der Waals surface area contributed by atoms with Gasteiger partial charge in [0, 0.05) is 29.3 Å². The van der Waals surface area contributed by atoms with Gasteiger partial charge in [0.15, 0.2) is 0 Å². The lowest BCUT2D eigenvalue weighted by Gasteiger charge is -2.28. The standard InChI is InChI=1S/C15H18N2O3S2/c1-12-2-7-15(21-12)22(18,19)16-13-3-5-14(6-4-13)17-8-10-20-11-9-17/h2-7,16H,8-11H2,1H3. The van der Waals surface area contributed by atoms with E-state index in [1.54, 1.807) is 24.3 Å². The second-order valence-electron chi connectivity index (χ2n) is 5.12. The predicted molar refractivity (Wildman–Crippen MR) is 89.3 cm³/mol. The van der Waals surface area contributed by atoms with Crippen molar-refractivity contribution in [3.05, 3.63) is 41.3 Å². The SMILES string of the molecule is Cc1ccc(S(=O)(=O)Nc2ccc(N3CCOCC3)cc2)s1. The van der Waals surface area contributed by atoms with Crippen molar-refractivity contribution in [1.29, 1.82) is 0 Å². The van der Waals surface area contributed by atoms with Gasteiger partial charge >= 0.3 is 0 Å². The molecule has 0 spiro atoms. The number of nitrogens with zero attached hydrogens (tertiary/aromatic N) is 1. The summed E-state index contributed by atoms with van der Waals surface area (Å²) in [6.45, 7) is 5.07. The number of anilines is 2. The average molecular weight is 338 g/mol. The third-order valence-electron chi connectivity index (χ3n) is 3.48. The summed E-state index contributed by atoms with van der Waals surface area (Å²) in [7, 11) is -3.50. The first-order valence-corrected chi connectivity index (χ1v) is 9.36. The van der Waals surface area contributed by atoms with E-state index in [4.69, 9.17) is 4.74 Å². The summed E-state index contributed by atoms with van der Waals surface area (Å²) >= 11 is 1.27. The maximum absolute atomic E-state index is 12.3. The number of hydrogen-bond acceptors (Lipinski definition) is 5. The van der Waals surface area contributed by atoms with E-state index in [2.05, 4.69) is 9.62 Å². The van der Waals surface area contributed by atoms with Gasteiger partial charge in [0.1, 0.15) is 4.21 Å². The van der Waals surface area contributed by atoms with Gasteiger partial charge in [-0.1, -0.05) is 0 Å². The Hall–Kier alpha value is -1.57. The van der Waals surface area contributed by atoms with Crippen LogP contribution >= 0.6 is 11.3 Å². The summed E-state index contributed by atoms with van der Waals surface area (Å²) in [5, 5.41) is 0. The van der Waals surface area contributed by atoms with Crippen molar-refractivity contribution >= 4 is 32.7 Å². The second kappa shape index (κ2) is 6.28. The number of morpholine rings is 1. The fourth-order valence-electron chi connectivity index (χ4n) is 2.32. The Balaban J connectivity index is 1.73. The smallest absolute Gasteiger partial charge is 0.271 e. The fraction of sp³-hybridized carbons (Fsp3) is 0.333. The molecule has 1 aliphatic heterocycles. The molecule has 1 saturated heterocycles. The van der Waals surface area contributed by atoms with Crippen LogP contribution in [0.25, 0.3) is 0 Å². The highest BCUT2D eigenvalue weighted by Crippen LogP contribution is 2.25. The molecule has 1 N–H and O–H groups in total. The lowest BCUT2D eigenvalue weighted by molar-refractivity contribution is 0.122. The van der Waals surface area contributed by atoms with E-state index >= 15 is 0 Å². The highest BCUT2D eigenvalue weighted by atomic mass is 32.2. The number of sulfonamides is 1. The Labute approximate surface area is 134 Å². The molecule has 2 heterocycles. The molecular weight excluding hydrogens is 320 g/mol. The van der Waals surface area contributed by atoms with E-state index in [0.717, 1.165) is 36.9 Å². The van der Waals surface area contributed by atoms with Gasteiger partial charge in [0.2, 0.25) is 0 Å². The number of thiophene rings is 1. The van der Waals surface area contributed by atoms with E-state index in [9.17, 15) is 8.42 Å². The topological polar surface area (TPSA) is 58.6 Å². The molecule has 7 heteroatoms. The number of hydrogen-bond donors (Lipinski definition) is 1. The molecule has 0 amide bonds. The quantitative estimate of drug-likeness (QED) is 0.931. The minimum absolute atomic E-state index is 0.335. The highest BCUT2D eigenvalue weighted by molar-refractivity contribution is 7.94. The summed E-state index contributed by atoms with van der Waals surface area (Å²) in [5.41, 5.74) is 1.65. The first kappa shape index (κ1) is 15.3. The van der Waals surface area contributed by atoms with Crippen molar-refractivity contribution < 1.29 is 13.2 Å². The molecule has 2 aromatic rings. The Morgan fingerprint density at radius 3 is 2.36 bits per heavy atom. The number of rotatable bonds is 4. The molecule has 118 valence electrons. The molecular formula is C15H18N2O3S2. The molecule has 0 radical (unpaired) electrons. The minimum Gasteiger partial charge on any atom is -0.378 e. The molecule has 0 aliphatic carbocycles. The molecule has 1 aliphatic rings. The molecule has 22 heavy (non-hydrogen) atoms. The molecule has 0 bridgehead atoms. The van der Waals surface area contributed by atoms with Gasteiger partial charge in [-0.2, -0.15) is 0 Å².